The lowest BCUT2D eigenvalue weighted by Gasteiger charge is -2.10. The zero-order chi connectivity index (χ0) is 14.4. The molecule has 0 radical (unpaired) electrons. The van der Waals surface area contributed by atoms with Crippen LogP contribution >= 0.6 is 27.5 Å². The number of halogens is 2. The number of hydrogen-bond acceptors (Lipinski definition) is 3. The van der Waals surface area contributed by atoms with Gasteiger partial charge in [0.2, 0.25) is 0 Å². The lowest BCUT2D eigenvalue weighted by Crippen LogP contribution is -2.10. The predicted octanol–water partition coefficient (Wildman–Crippen LogP) is 4.37. The van der Waals surface area contributed by atoms with E-state index in [0.717, 1.165) is 10.8 Å². The highest BCUT2D eigenvalue weighted by Gasteiger charge is 2.04. The van der Waals surface area contributed by atoms with Crippen molar-refractivity contribution in [2.45, 2.75) is 0 Å². The Bertz CT molecular complexity index is 601. The molecule has 0 aliphatic heterocycles. The Labute approximate surface area is 130 Å². The van der Waals surface area contributed by atoms with Crippen LogP contribution in [-0.2, 0) is 0 Å². The summed E-state index contributed by atoms with van der Waals surface area (Å²) in [6.45, 7) is 0.672. The summed E-state index contributed by atoms with van der Waals surface area (Å²) in [6.07, 6.45) is 0.759. The standard InChI is InChI=1S/C15H12BrClO3/c16-12-5-6-14(11(9-12)10-18)19-7-8-20-15-4-2-1-3-13(15)17/h1-6,9-10H,7-8H2. The number of benzene rings is 2. The molecule has 5 heteroatoms. The maximum Gasteiger partial charge on any atom is 0.153 e. The Hall–Kier alpha value is -1.52. The molecular weight excluding hydrogens is 344 g/mol. The average molecular weight is 356 g/mol. The van der Waals surface area contributed by atoms with Crippen molar-refractivity contribution >= 4 is 33.8 Å². The van der Waals surface area contributed by atoms with Crippen molar-refractivity contribution in [2.75, 3.05) is 13.2 Å². The number of hydrogen-bond donors (Lipinski definition) is 0. The van der Waals surface area contributed by atoms with Gasteiger partial charge in [0.15, 0.2) is 6.29 Å². The summed E-state index contributed by atoms with van der Waals surface area (Å²) in [7, 11) is 0. The number of para-hydroxylation sites is 1. The van der Waals surface area contributed by atoms with E-state index in [-0.39, 0.29) is 0 Å². The highest BCUT2D eigenvalue weighted by Crippen LogP contribution is 2.24. The summed E-state index contributed by atoms with van der Waals surface area (Å²) in [6, 6.07) is 12.5. The van der Waals surface area contributed by atoms with Crippen LogP contribution in [0.2, 0.25) is 5.02 Å². The topological polar surface area (TPSA) is 35.5 Å². The van der Waals surface area contributed by atoms with Gasteiger partial charge in [-0.3, -0.25) is 4.79 Å². The first-order valence-corrected chi connectivity index (χ1v) is 7.12. The van der Waals surface area contributed by atoms with Crippen molar-refractivity contribution in [2.24, 2.45) is 0 Å². The van der Waals surface area contributed by atoms with Crippen molar-refractivity contribution < 1.29 is 14.3 Å². The van der Waals surface area contributed by atoms with Crippen LogP contribution in [0.3, 0.4) is 0 Å². The molecule has 0 aromatic heterocycles. The third-order valence-corrected chi connectivity index (χ3v) is 3.34. The fraction of sp³-hybridized carbons (Fsp3) is 0.133. The number of ether oxygens (including phenoxy) is 2. The number of carbonyl (C=O) groups excluding carboxylic acids is 1. The van der Waals surface area contributed by atoms with Gasteiger partial charge in [-0.1, -0.05) is 39.7 Å². The summed E-state index contributed by atoms with van der Waals surface area (Å²) in [4.78, 5) is 10.9. The minimum Gasteiger partial charge on any atom is -0.489 e. The SMILES string of the molecule is O=Cc1cc(Br)ccc1OCCOc1ccccc1Cl. The van der Waals surface area contributed by atoms with Gasteiger partial charge in [0.25, 0.3) is 0 Å². The molecule has 3 nitrogen and oxygen atoms in total. The minimum absolute atomic E-state index is 0.327. The molecule has 0 N–H and O–H groups in total. The molecule has 2 rings (SSSR count). The van der Waals surface area contributed by atoms with Gasteiger partial charge in [0, 0.05) is 4.47 Å². The molecule has 2 aromatic carbocycles. The van der Waals surface area contributed by atoms with E-state index in [1.54, 1.807) is 24.3 Å². The maximum atomic E-state index is 10.9. The molecule has 0 unspecified atom stereocenters. The molecule has 0 aliphatic carbocycles. The second kappa shape index (κ2) is 7.31. The molecule has 0 spiro atoms. The highest BCUT2D eigenvalue weighted by molar-refractivity contribution is 9.10. The molecule has 0 heterocycles. The van der Waals surface area contributed by atoms with Crippen LogP contribution in [0.1, 0.15) is 10.4 Å². The van der Waals surface area contributed by atoms with Gasteiger partial charge in [-0.05, 0) is 30.3 Å². The zero-order valence-corrected chi connectivity index (χ0v) is 12.9. The molecule has 20 heavy (non-hydrogen) atoms. The van der Waals surface area contributed by atoms with Gasteiger partial charge in [0.1, 0.15) is 24.7 Å². The molecule has 0 fully saturated rings. The van der Waals surface area contributed by atoms with Crippen LogP contribution in [0, 0.1) is 0 Å². The molecule has 2 aromatic rings. The monoisotopic (exact) mass is 354 g/mol. The van der Waals surface area contributed by atoms with Crippen LogP contribution in [0.4, 0.5) is 0 Å². The third-order valence-electron chi connectivity index (χ3n) is 2.53. The van der Waals surface area contributed by atoms with E-state index in [1.807, 2.05) is 18.2 Å². The second-order valence-corrected chi connectivity index (χ2v) is 5.25. The van der Waals surface area contributed by atoms with Gasteiger partial charge < -0.3 is 9.47 Å². The molecular formula is C15H12BrClO3. The van der Waals surface area contributed by atoms with Crippen LogP contribution in [-0.4, -0.2) is 19.5 Å². The first-order valence-electron chi connectivity index (χ1n) is 5.95. The van der Waals surface area contributed by atoms with E-state index in [2.05, 4.69) is 15.9 Å². The Kier molecular flexibility index (Phi) is 5.44. The van der Waals surface area contributed by atoms with Crippen molar-refractivity contribution in [3.8, 4) is 11.5 Å². The summed E-state index contributed by atoms with van der Waals surface area (Å²) in [5, 5.41) is 0.560. The lowest BCUT2D eigenvalue weighted by atomic mass is 10.2. The van der Waals surface area contributed by atoms with Crippen molar-refractivity contribution in [3.63, 3.8) is 0 Å². The fourth-order valence-corrected chi connectivity index (χ4v) is 2.18. The average Bonchev–Trinajstić information content (AvgIpc) is 2.46. The maximum absolute atomic E-state index is 10.9. The summed E-state index contributed by atoms with van der Waals surface area (Å²) < 4.78 is 11.9. The quantitative estimate of drug-likeness (QED) is 0.570. The lowest BCUT2D eigenvalue weighted by molar-refractivity contribution is 0.111. The van der Waals surface area contributed by atoms with Crippen molar-refractivity contribution in [1.82, 2.24) is 0 Å². The number of rotatable bonds is 6. The van der Waals surface area contributed by atoms with Gasteiger partial charge in [0.05, 0.1) is 10.6 Å². The largest absolute Gasteiger partial charge is 0.489 e. The molecule has 0 saturated heterocycles. The summed E-state index contributed by atoms with van der Waals surface area (Å²) in [5.74, 6) is 1.15. The van der Waals surface area contributed by atoms with E-state index in [9.17, 15) is 4.79 Å². The molecule has 0 amide bonds. The van der Waals surface area contributed by atoms with Gasteiger partial charge in [-0.15, -0.1) is 0 Å². The Balaban J connectivity index is 1.88. The molecule has 0 aliphatic rings. The first kappa shape index (κ1) is 14.9. The van der Waals surface area contributed by atoms with E-state index in [1.165, 1.54) is 0 Å². The molecule has 104 valence electrons. The fourth-order valence-electron chi connectivity index (χ4n) is 1.61. The molecule has 0 bridgehead atoms. The van der Waals surface area contributed by atoms with E-state index >= 15 is 0 Å². The zero-order valence-electron chi connectivity index (χ0n) is 10.5. The first-order chi connectivity index (χ1) is 9.70. The highest BCUT2D eigenvalue weighted by atomic mass is 79.9. The van der Waals surface area contributed by atoms with Crippen LogP contribution in [0.25, 0.3) is 0 Å². The Morgan fingerprint density at radius 2 is 1.75 bits per heavy atom. The van der Waals surface area contributed by atoms with Gasteiger partial charge in [-0.25, -0.2) is 0 Å². The second-order valence-electron chi connectivity index (χ2n) is 3.93. The van der Waals surface area contributed by atoms with Crippen LogP contribution in [0.15, 0.2) is 46.9 Å². The minimum atomic E-state index is 0.327. The Morgan fingerprint density at radius 1 is 1.05 bits per heavy atom. The number of carbonyl (C=O) groups is 1. The van der Waals surface area contributed by atoms with Gasteiger partial charge >= 0.3 is 0 Å². The third kappa shape index (κ3) is 3.99. The van der Waals surface area contributed by atoms with E-state index in [0.29, 0.717) is 35.3 Å². The van der Waals surface area contributed by atoms with Crippen molar-refractivity contribution in [3.05, 3.63) is 57.5 Å². The summed E-state index contributed by atoms with van der Waals surface area (Å²) in [5.41, 5.74) is 0.497. The summed E-state index contributed by atoms with van der Waals surface area (Å²) >= 11 is 9.27. The molecule has 0 atom stereocenters. The van der Waals surface area contributed by atoms with E-state index in [4.69, 9.17) is 21.1 Å². The number of aldehydes is 1. The Morgan fingerprint density at radius 3 is 2.45 bits per heavy atom. The van der Waals surface area contributed by atoms with Gasteiger partial charge in [-0.2, -0.15) is 0 Å². The molecule has 0 saturated carbocycles. The smallest absolute Gasteiger partial charge is 0.153 e. The van der Waals surface area contributed by atoms with Crippen LogP contribution < -0.4 is 9.47 Å². The normalized spacial score (nSPS) is 10.1. The van der Waals surface area contributed by atoms with Crippen molar-refractivity contribution in [1.29, 1.82) is 0 Å². The van der Waals surface area contributed by atoms with Crippen LogP contribution in [0.5, 0.6) is 11.5 Å². The van der Waals surface area contributed by atoms with E-state index < -0.39 is 0 Å². The predicted molar refractivity (Wildman–Crippen MR) is 82.0 cm³/mol.